The summed E-state index contributed by atoms with van der Waals surface area (Å²) >= 11 is 2.21. The van der Waals surface area contributed by atoms with Gasteiger partial charge in [0.2, 0.25) is 0 Å². The van der Waals surface area contributed by atoms with Gasteiger partial charge in [0.15, 0.2) is 17.2 Å². The number of esters is 1. The Kier molecular flexibility index (Phi) is 5.95. The number of ether oxygens (including phenoxy) is 3. The molecule has 0 amide bonds. The highest BCUT2D eigenvalue weighted by molar-refractivity contribution is 14.1. The first-order valence-electron chi connectivity index (χ1n) is 8.19. The molecule has 0 saturated heterocycles. The van der Waals surface area contributed by atoms with Crippen LogP contribution in [-0.2, 0) is 4.79 Å². The fourth-order valence-electron chi connectivity index (χ4n) is 2.68. The van der Waals surface area contributed by atoms with Crippen LogP contribution >= 0.6 is 22.6 Å². The number of hydrogen-bond donors (Lipinski definition) is 0. The first-order chi connectivity index (χ1) is 13.0. The molecule has 0 spiro atoms. The average molecular weight is 475 g/mol. The second-order valence-corrected chi connectivity index (χ2v) is 6.89. The van der Waals surface area contributed by atoms with Crippen LogP contribution in [0.5, 0.6) is 17.2 Å². The van der Waals surface area contributed by atoms with Gasteiger partial charge < -0.3 is 14.2 Å². The van der Waals surface area contributed by atoms with E-state index in [1.807, 2.05) is 48.6 Å². The van der Waals surface area contributed by atoms with E-state index in [-0.39, 0.29) is 5.97 Å². The van der Waals surface area contributed by atoms with Gasteiger partial charge in [0.1, 0.15) is 5.52 Å². The number of para-hydroxylation sites is 1. The highest BCUT2D eigenvalue weighted by Crippen LogP contribution is 2.34. The molecule has 1 aromatic heterocycles. The summed E-state index contributed by atoms with van der Waals surface area (Å²) in [4.78, 5) is 15.9. The van der Waals surface area contributed by atoms with Gasteiger partial charge in [-0.1, -0.05) is 24.3 Å². The number of nitrogens with zero attached hydrogens (tertiary/aromatic N) is 1. The van der Waals surface area contributed by atoms with Gasteiger partial charge in [0.05, 0.1) is 23.5 Å². The van der Waals surface area contributed by atoms with Crippen molar-refractivity contribution >= 4 is 51.6 Å². The van der Waals surface area contributed by atoms with Crippen LogP contribution in [0.2, 0.25) is 0 Å². The Morgan fingerprint density at radius 2 is 1.85 bits per heavy atom. The van der Waals surface area contributed by atoms with Gasteiger partial charge in [-0.25, -0.2) is 4.98 Å². The molecule has 0 aliphatic carbocycles. The van der Waals surface area contributed by atoms with Crippen molar-refractivity contribution in [2.45, 2.75) is 6.92 Å². The SMILES string of the molecule is COc1cc(/C=C/c2ccc3cccc(OC(C)=O)c3n2)cc(I)c1OC. The minimum atomic E-state index is -0.370. The maximum atomic E-state index is 11.3. The number of carbonyl (C=O) groups is 1. The normalized spacial score (nSPS) is 11.0. The molecule has 0 saturated carbocycles. The lowest BCUT2D eigenvalue weighted by atomic mass is 10.1. The molecule has 0 fully saturated rings. The summed E-state index contributed by atoms with van der Waals surface area (Å²) in [7, 11) is 3.23. The number of rotatable bonds is 5. The highest BCUT2D eigenvalue weighted by atomic mass is 127. The van der Waals surface area contributed by atoms with Crippen LogP contribution in [0.3, 0.4) is 0 Å². The Balaban J connectivity index is 1.97. The molecular weight excluding hydrogens is 457 g/mol. The number of halogens is 1. The van der Waals surface area contributed by atoms with Gasteiger partial charge in [0.25, 0.3) is 0 Å². The molecule has 5 nitrogen and oxygen atoms in total. The largest absolute Gasteiger partial charge is 0.493 e. The molecule has 6 heteroatoms. The molecule has 3 rings (SSSR count). The van der Waals surface area contributed by atoms with Gasteiger partial charge in [-0.05, 0) is 58.5 Å². The summed E-state index contributed by atoms with van der Waals surface area (Å²) in [6.07, 6.45) is 3.86. The minimum absolute atomic E-state index is 0.370. The molecule has 0 bridgehead atoms. The zero-order valence-electron chi connectivity index (χ0n) is 15.2. The second-order valence-electron chi connectivity index (χ2n) is 5.73. The third-order valence-corrected chi connectivity index (χ3v) is 4.66. The molecule has 3 aromatic rings. The lowest BCUT2D eigenvalue weighted by molar-refractivity contribution is -0.131. The number of pyridine rings is 1. The summed E-state index contributed by atoms with van der Waals surface area (Å²) < 4.78 is 17.0. The number of benzene rings is 2. The standard InChI is InChI=1S/C21H18INO4/c1-13(24)27-18-6-4-5-15-8-10-16(23-20(15)18)9-7-14-11-17(22)21(26-3)19(12-14)25-2/h4-12H,1-3H3/b9-7+. The Morgan fingerprint density at radius 3 is 2.56 bits per heavy atom. The Hall–Kier alpha value is -2.61. The number of carbonyl (C=O) groups excluding carboxylic acids is 1. The zero-order chi connectivity index (χ0) is 19.4. The zero-order valence-corrected chi connectivity index (χ0v) is 17.3. The number of hydrogen-bond acceptors (Lipinski definition) is 5. The van der Waals surface area contributed by atoms with Crippen LogP contribution in [0.1, 0.15) is 18.2 Å². The first kappa shape index (κ1) is 19.2. The van der Waals surface area contributed by atoms with E-state index in [4.69, 9.17) is 14.2 Å². The fraction of sp³-hybridized carbons (Fsp3) is 0.143. The molecular formula is C21H18INO4. The van der Waals surface area contributed by atoms with Gasteiger partial charge in [0, 0.05) is 12.3 Å². The van der Waals surface area contributed by atoms with Crippen LogP contribution in [-0.4, -0.2) is 25.2 Å². The third kappa shape index (κ3) is 4.39. The summed E-state index contributed by atoms with van der Waals surface area (Å²) in [5.41, 5.74) is 2.37. The van der Waals surface area contributed by atoms with Crippen LogP contribution in [0, 0.1) is 3.57 Å². The number of fused-ring (bicyclic) bond motifs is 1. The average Bonchev–Trinajstić information content (AvgIpc) is 2.65. The van der Waals surface area contributed by atoms with Crippen molar-refractivity contribution in [3.05, 3.63) is 57.3 Å². The molecule has 2 aromatic carbocycles. The van der Waals surface area contributed by atoms with Gasteiger partial charge in [-0.3, -0.25) is 4.79 Å². The van der Waals surface area contributed by atoms with E-state index in [2.05, 4.69) is 27.6 Å². The van der Waals surface area contributed by atoms with E-state index >= 15 is 0 Å². The molecule has 27 heavy (non-hydrogen) atoms. The minimum Gasteiger partial charge on any atom is -0.493 e. The Morgan fingerprint density at radius 1 is 1.04 bits per heavy atom. The summed E-state index contributed by atoms with van der Waals surface area (Å²) in [6, 6.07) is 13.3. The van der Waals surface area contributed by atoms with Crippen molar-refractivity contribution in [3.63, 3.8) is 0 Å². The Labute approximate surface area is 171 Å². The summed E-state index contributed by atoms with van der Waals surface area (Å²) in [5.74, 6) is 1.47. The number of methoxy groups -OCH3 is 2. The van der Waals surface area contributed by atoms with Crippen molar-refractivity contribution in [2.75, 3.05) is 14.2 Å². The van der Waals surface area contributed by atoms with Gasteiger partial charge in [-0.2, -0.15) is 0 Å². The first-order valence-corrected chi connectivity index (χ1v) is 9.27. The van der Waals surface area contributed by atoms with Gasteiger partial charge >= 0.3 is 5.97 Å². The van der Waals surface area contributed by atoms with Gasteiger partial charge in [-0.15, -0.1) is 0 Å². The number of aromatic nitrogens is 1. The topological polar surface area (TPSA) is 57.7 Å². The monoisotopic (exact) mass is 475 g/mol. The van der Waals surface area contributed by atoms with Crippen molar-refractivity contribution in [1.29, 1.82) is 0 Å². The van der Waals surface area contributed by atoms with E-state index in [0.29, 0.717) is 22.8 Å². The van der Waals surface area contributed by atoms with Crippen LogP contribution in [0.4, 0.5) is 0 Å². The van der Waals surface area contributed by atoms with Crippen molar-refractivity contribution in [2.24, 2.45) is 0 Å². The molecule has 0 aliphatic rings. The molecule has 0 aliphatic heterocycles. The lowest BCUT2D eigenvalue weighted by Crippen LogP contribution is -2.02. The predicted molar refractivity (Wildman–Crippen MR) is 114 cm³/mol. The van der Waals surface area contributed by atoms with Crippen molar-refractivity contribution in [1.82, 2.24) is 4.98 Å². The Bertz CT molecular complexity index is 1030. The van der Waals surface area contributed by atoms with Crippen molar-refractivity contribution < 1.29 is 19.0 Å². The maximum absolute atomic E-state index is 11.3. The summed E-state index contributed by atoms with van der Waals surface area (Å²) in [6.45, 7) is 1.38. The second kappa shape index (κ2) is 8.39. The molecule has 0 radical (unpaired) electrons. The van der Waals surface area contributed by atoms with Crippen LogP contribution in [0.25, 0.3) is 23.1 Å². The van der Waals surface area contributed by atoms with E-state index in [9.17, 15) is 4.79 Å². The lowest BCUT2D eigenvalue weighted by Gasteiger charge is -2.10. The smallest absolute Gasteiger partial charge is 0.308 e. The quantitative estimate of drug-likeness (QED) is 0.297. The third-order valence-electron chi connectivity index (χ3n) is 3.86. The molecule has 0 unspecified atom stereocenters. The van der Waals surface area contributed by atoms with E-state index in [0.717, 1.165) is 20.2 Å². The van der Waals surface area contributed by atoms with Crippen molar-refractivity contribution in [3.8, 4) is 17.2 Å². The van der Waals surface area contributed by atoms with Crippen LogP contribution in [0.15, 0.2) is 42.5 Å². The fourth-order valence-corrected chi connectivity index (χ4v) is 3.53. The molecule has 1 heterocycles. The van der Waals surface area contributed by atoms with E-state index < -0.39 is 0 Å². The molecule has 0 N–H and O–H groups in total. The van der Waals surface area contributed by atoms with Crippen LogP contribution < -0.4 is 14.2 Å². The predicted octanol–water partition coefficient (Wildman–Crippen LogP) is 4.95. The maximum Gasteiger partial charge on any atom is 0.308 e. The summed E-state index contributed by atoms with van der Waals surface area (Å²) in [5, 5.41) is 0.909. The molecule has 0 atom stereocenters. The highest BCUT2D eigenvalue weighted by Gasteiger charge is 2.10. The van der Waals surface area contributed by atoms with E-state index in [1.54, 1.807) is 20.3 Å². The van der Waals surface area contributed by atoms with E-state index in [1.165, 1.54) is 6.92 Å². The molecule has 138 valence electrons.